The van der Waals surface area contributed by atoms with Crippen LogP contribution in [-0.4, -0.2) is 53.2 Å². The van der Waals surface area contributed by atoms with Gasteiger partial charge < -0.3 is 19.7 Å². The number of ether oxygens (including phenoxy) is 2. The van der Waals surface area contributed by atoms with Gasteiger partial charge in [-0.3, -0.25) is 4.90 Å². The van der Waals surface area contributed by atoms with Gasteiger partial charge in [0.25, 0.3) is 0 Å². The summed E-state index contributed by atoms with van der Waals surface area (Å²) in [6.45, 7) is 14.3. The molecule has 0 radical (unpaired) electrons. The normalized spacial score (nSPS) is 14.2. The van der Waals surface area contributed by atoms with Crippen molar-refractivity contribution in [1.29, 1.82) is 0 Å². The topological polar surface area (TPSA) is 62.2 Å². The molecule has 1 fully saturated rings. The van der Waals surface area contributed by atoms with E-state index in [4.69, 9.17) is 19.7 Å². The number of aromatic hydroxyl groups is 2. The summed E-state index contributed by atoms with van der Waals surface area (Å²) < 4.78 is 11.1. The Bertz CT molecular complexity index is 934. The fourth-order valence-electron chi connectivity index (χ4n) is 3.48. The Labute approximate surface area is 228 Å². The van der Waals surface area contributed by atoms with Crippen LogP contribution in [0.15, 0.2) is 83.8 Å². The number of benzene rings is 3. The molecule has 0 spiro atoms. The highest BCUT2D eigenvalue weighted by molar-refractivity contribution is 7.99. The van der Waals surface area contributed by atoms with Gasteiger partial charge in [-0.25, -0.2) is 0 Å². The molecule has 1 unspecified atom stereocenters. The first-order valence-electron chi connectivity index (χ1n) is 13.4. The van der Waals surface area contributed by atoms with E-state index in [9.17, 15) is 0 Å². The zero-order valence-electron chi connectivity index (χ0n) is 23.1. The van der Waals surface area contributed by atoms with E-state index in [0.29, 0.717) is 17.5 Å². The summed E-state index contributed by atoms with van der Waals surface area (Å²) in [6.07, 6.45) is 2.69. The van der Waals surface area contributed by atoms with Crippen molar-refractivity contribution < 1.29 is 19.7 Å². The van der Waals surface area contributed by atoms with Crippen molar-refractivity contribution in [3.8, 4) is 23.0 Å². The zero-order valence-corrected chi connectivity index (χ0v) is 23.9. The lowest BCUT2D eigenvalue weighted by atomic mass is 10.3. The minimum absolute atomic E-state index is 0.307. The summed E-state index contributed by atoms with van der Waals surface area (Å²) in [4.78, 5) is 3.54. The summed E-state index contributed by atoms with van der Waals surface area (Å²) in [5, 5.41) is 17.8. The Hall–Kier alpha value is -2.83. The van der Waals surface area contributed by atoms with Gasteiger partial charge in [0.15, 0.2) is 0 Å². The largest absolute Gasteiger partial charge is 0.508 e. The van der Waals surface area contributed by atoms with Crippen molar-refractivity contribution in [3.63, 3.8) is 0 Å². The first-order valence-corrected chi connectivity index (χ1v) is 14.3. The molecular weight excluding hydrogens is 482 g/mol. The van der Waals surface area contributed by atoms with Gasteiger partial charge in [-0.15, -0.1) is 11.8 Å². The number of nitrogens with zero attached hydrogens (tertiary/aromatic N) is 1. The molecule has 1 saturated heterocycles. The highest BCUT2D eigenvalue weighted by atomic mass is 32.2. The molecule has 2 N–H and O–H groups in total. The second-order valence-electron chi connectivity index (χ2n) is 7.88. The lowest BCUT2D eigenvalue weighted by Gasteiger charge is -2.23. The number of likely N-dealkylation sites (tertiary alicyclic amines) is 1. The summed E-state index contributed by atoms with van der Waals surface area (Å²) in [7, 11) is 0. The Kier molecular flexibility index (Phi) is 17.6. The Morgan fingerprint density at radius 1 is 0.838 bits per heavy atom. The summed E-state index contributed by atoms with van der Waals surface area (Å²) in [6, 6.07) is 24.5. The van der Waals surface area contributed by atoms with Crippen LogP contribution in [0.3, 0.4) is 0 Å². The van der Waals surface area contributed by atoms with Crippen LogP contribution in [0.1, 0.15) is 47.5 Å². The third-order valence-electron chi connectivity index (χ3n) is 5.28. The van der Waals surface area contributed by atoms with Crippen molar-refractivity contribution in [2.24, 2.45) is 0 Å². The van der Waals surface area contributed by atoms with Crippen molar-refractivity contribution in [1.82, 2.24) is 4.90 Å². The molecule has 0 saturated carbocycles. The van der Waals surface area contributed by atoms with E-state index in [-0.39, 0.29) is 0 Å². The molecule has 0 amide bonds. The van der Waals surface area contributed by atoms with Crippen molar-refractivity contribution in [2.45, 2.75) is 58.4 Å². The van der Waals surface area contributed by atoms with E-state index >= 15 is 0 Å². The second-order valence-corrected chi connectivity index (χ2v) is 9.02. The molecule has 2 heterocycles. The quantitative estimate of drug-likeness (QED) is 0.360. The molecule has 0 aromatic heterocycles. The van der Waals surface area contributed by atoms with Crippen LogP contribution in [0.2, 0.25) is 0 Å². The fraction of sp³-hybridized carbons (Fsp3) is 0.419. The molecule has 5 nitrogen and oxygen atoms in total. The van der Waals surface area contributed by atoms with Crippen LogP contribution in [0, 0.1) is 0 Å². The molecule has 1 atom stereocenters. The van der Waals surface area contributed by atoms with Gasteiger partial charge in [0.05, 0.1) is 11.5 Å². The predicted octanol–water partition coefficient (Wildman–Crippen LogP) is 7.87. The van der Waals surface area contributed by atoms with E-state index in [0.717, 1.165) is 35.4 Å². The van der Waals surface area contributed by atoms with E-state index in [2.05, 4.69) is 11.8 Å². The van der Waals surface area contributed by atoms with Gasteiger partial charge in [-0.05, 0) is 75.3 Å². The highest BCUT2D eigenvalue weighted by Gasteiger charge is 2.18. The Balaban J connectivity index is 0.000000274. The number of phenols is 2. The summed E-state index contributed by atoms with van der Waals surface area (Å²) in [5.74, 6) is 3.46. The van der Waals surface area contributed by atoms with Crippen LogP contribution in [0.4, 0.5) is 0 Å². The third kappa shape index (κ3) is 13.3. The van der Waals surface area contributed by atoms with E-state index in [1.807, 2.05) is 64.1 Å². The maximum Gasteiger partial charge on any atom is 0.133 e. The minimum atomic E-state index is 0.307. The first-order chi connectivity index (χ1) is 18.1. The number of hydrogen-bond acceptors (Lipinski definition) is 6. The van der Waals surface area contributed by atoms with Gasteiger partial charge in [-0.1, -0.05) is 64.1 Å². The van der Waals surface area contributed by atoms with Crippen molar-refractivity contribution >= 4 is 11.8 Å². The van der Waals surface area contributed by atoms with Crippen LogP contribution in [0.25, 0.3) is 0 Å². The number of hydrogen-bond donors (Lipinski definition) is 2. The number of para-hydroxylation sites is 2. The van der Waals surface area contributed by atoms with Gasteiger partial charge in [0, 0.05) is 11.8 Å². The van der Waals surface area contributed by atoms with E-state index < -0.39 is 0 Å². The SMILES string of the molecule is CC.CC.CC(COc1ccccc1)N1CCCC1.Oc1ccc2c(c1)SCCO2.Oc1ccccc1. The average Bonchev–Trinajstić information content (AvgIpc) is 3.51. The van der Waals surface area contributed by atoms with Crippen molar-refractivity contribution in [2.75, 3.05) is 32.1 Å². The lowest BCUT2D eigenvalue weighted by molar-refractivity contribution is 0.172. The maximum absolute atomic E-state index is 9.12. The molecule has 204 valence electrons. The van der Waals surface area contributed by atoms with Crippen LogP contribution in [-0.2, 0) is 0 Å². The number of phenolic OH excluding ortho intramolecular Hbond substituents is 2. The van der Waals surface area contributed by atoms with Gasteiger partial charge in [-0.2, -0.15) is 0 Å². The zero-order chi connectivity index (χ0) is 27.3. The molecule has 6 heteroatoms. The Morgan fingerprint density at radius 2 is 1.43 bits per heavy atom. The number of fused-ring (bicyclic) bond motifs is 1. The second kappa shape index (κ2) is 20.3. The van der Waals surface area contributed by atoms with E-state index in [1.165, 1.54) is 25.9 Å². The van der Waals surface area contributed by atoms with Gasteiger partial charge >= 0.3 is 0 Å². The molecule has 0 bridgehead atoms. The van der Waals surface area contributed by atoms with Crippen molar-refractivity contribution in [3.05, 3.63) is 78.9 Å². The number of thioether (sulfide) groups is 1. The van der Waals surface area contributed by atoms with Gasteiger partial charge in [0.1, 0.15) is 29.6 Å². The van der Waals surface area contributed by atoms with Crippen LogP contribution < -0.4 is 9.47 Å². The monoisotopic (exact) mass is 527 g/mol. The fourth-order valence-corrected chi connectivity index (χ4v) is 4.34. The molecular formula is C31H45NO4S. The van der Waals surface area contributed by atoms with E-state index in [1.54, 1.807) is 54.2 Å². The first kappa shape index (κ1) is 32.2. The molecule has 37 heavy (non-hydrogen) atoms. The molecule has 2 aliphatic heterocycles. The standard InChI is InChI=1S/C13H19NO.C8H8O2S.C6H6O.2C2H6/c1-12(14-9-5-6-10-14)11-15-13-7-3-2-4-8-13;9-6-1-2-7-8(5-6)11-4-3-10-7;7-6-4-2-1-3-5-6;2*1-2/h2-4,7-8,12H,5-6,9-11H2,1H3;1-2,5,9H,3-4H2;1-5,7H;2*1-2H3. The Morgan fingerprint density at radius 3 is 2.00 bits per heavy atom. The molecule has 5 rings (SSSR count). The number of rotatable bonds is 4. The maximum atomic E-state index is 9.12. The average molecular weight is 528 g/mol. The summed E-state index contributed by atoms with van der Waals surface area (Å²) >= 11 is 1.72. The predicted molar refractivity (Wildman–Crippen MR) is 157 cm³/mol. The van der Waals surface area contributed by atoms with Gasteiger partial charge in [0.2, 0.25) is 0 Å². The van der Waals surface area contributed by atoms with Crippen LogP contribution >= 0.6 is 11.8 Å². The minimum Gasteiger partial charge on any atom is -0.508 e. The van der Waals surface area contributed by atoms with Crippen LogP contribution in [0.5, 0.6) is 23.0 Å². The highest BCUT2D eigenvalue weighted by Crippen LogP contribution is 2.35. The molecule has 2 aliphatic rings. The summed E-state index contributed by atoms with van der Waals surface area (Å²) in [5.41, 5.74) is 0. The smallest absolute Gasteiger partial charge is 0.133 e. The lowest BCUT2D eigenvalue weighted by Crippen LogP contribution is -2.34. The third-order valence-corrected chi connectivity index (χ3v) is 6.28. The molecule has 0 aliphatic carbocycles. The molecule has 3 aromatic carbocycles. The molecule has 3 aromatic rings.